The van der Waals surface area contributed by atoms with Crippen LogP contribution in [0.15, 0.2) is 23.1 Å². The average Bonchev–Trinajstić information content (AvgIpc) is 2.68. The van der Waals surface area contributed by atoms with Gasteiger partial charge in [0.2, 0.25) is 0 Å². The molecule has 0 radical (unpaired) electrons. The van der Waals surface area contributed by atoms with Gasteiger partial charge in [-0.2, -0.15) is 0 Å². The Hall–Kier alpha value is -0.970. The van der Waals surface area contributed by atoms with Crippen molar-refractivity contribution < 1.29 is 0 Å². The zero-order valence-corrected chi connectivity index (χ0v) is 12.1. The smallest absolute Gasteiger partial charge is 0.0460 e. The third-order valence-corrected chi connectivity index (χ3v) is 3.43. The van der Waals surface area contributed by atoms with Gasteiger partial charge in [0.1, 0.15) is 0 Å². The Morgan fingerprint density at radius 2 is 2.06 bits per heavy atom. The number of likely N-dealkylation sites (N-methyl/N-ethyl adjacent to an activating group) is 1. The van der Waals surface area contributed by atoms with E-state index in [1.54, 1.807) is 0 Å². The lowest BCUT2D eigenvalue weighted by molar-refractivity contribution is 0.313. The fraction of sp³-hybridized carbons (Fsp3) is 0.429. The Morgan fingerprint density at radius 3 is 2.78 bits per heavy atom. The van der Waals surface area contributed by atoms with Crippen LogP contribution in [-0.2, 0) is 13.0 Å². The molecule has 0 saturated heterocycles. The Bertz CT molecular complexity index is 533. The zero-order chi connectivity index (χ0) is 13.1. The summed E-state index contributed by atoms with van der Waals surface area (Å²) in [6.07, 6.45) is 1.13. The lowest BCUT2D eigenvalue weighted by Gasteiger charge is -2.22. The molecule has 18 heavy (non-hydrogen) atoms. The highest BCUT2D eigenvalue weighted by molar-refractivity contribution is 7.80. The first-order valence-electron chi connectivity index (χ1n) is 6.25. The normalized spacial score (nSPS) is 15.1. The van der Waals surface area contributed by atoms with E-state index in [2.05, 4.69) is 47.0 Å². The van der Waals surface area contributed by atoms with E-state index < -0.39 is 0 Å². The molecule has 0 spiro atoms. The minimum atomic E-state index is 1.04. The number of aromatic nitrogens is 1. The summed E-state index contributed by atoms with van der Waals surface area (Å²) in [6.45, 7) is 2.19. The molecule has 0 aliphatic carbocycles. The van der Waals surface area contributed by atoms with Gasteiger partial charge in [-0.1, -0.05) is 0 Å². The van der Waals surface area contributed by atoms with Crippen LogP contribution in [0.3, 0.4) is 0 Å². The maximum atomic E-state index is 4.40. The van der Waals surface area contributed by atoms with Crippen molar-refractivity contribution in [2.24, 2.45) is 0 Å². The Kier molecular flexibility index (Phi) is 4.32. The second-order valence-electron chi connectivity index (χ2n) is 4.80. The van der Waals surface area contributed by atoms with Crippen LogP contribution < -0.4 is 5.32 Å². The fourth-order valence-corrected chi connectivity index (χ4v) is 2.54. The maximum Gasteiger partial charge on any atom is 0.0460 e. The zero-order valence-electron chi connectivity index (χ0n) is 11.2. The highest BCUT2D eigenvalue weighted by Gasteiger charge is 2.17. The molecular formula is C14H21N3S. The monoisotopic (exact) mass is 263 g/mol. The maximum absolute atomic E-state index is 4.40. The van der Waals surface area contributed by atoms with Crippen LogP contribution in [0, 0.1) is 0 Å². The highest BCUT2D eigenvalue weighted by Crippen LogP contribution is 2.28. The van der Waals surface area contributed by atoms with Crippen molar-refractivity contribution in [2.75, 3.05) is 27.7 Å². The highest BCUT2D eigenvalue weighted by atomic mass is 32.1. The second kappa shape index (κ2) is 5.78. The van der Waals surface area contributed by atoms with Gasteiger partial charge in [-0.3, -0.25) is 0 Å². The van der Waals surface area contributed by atoms with E-state index in [9.17, 15) is 0 Å². The van der Waals surface area contributed by atoms with Crippen LogP contribution in [0.2, 0.25) is 0 Å². The van der Waals surface area contributed by atoms with Gasteiger partial charge in [-0.15, -0.1) is 12.6 Å². The lowest BCUT2D eigenvalue weighted by Crippen LogP contribution is -2.25. The minimum absolute atomic E-state index is 1.04. The SMILES string of the molecule is CN1CCc2[nH]c3ccc(S)cc3c2C1.CNC. The van der Waals surface area contributed by atoms with Gasteiger partial charge >= 0.3 is 0 Å². The molecule has 2 heterocycles. The predicted molar refractivity (Wildman–Crippen MR) is 80.6 cm³/mol. The molecule has 0 unspecified atom stereocenters. The molecule has 1 aromatic carbocycles. The molecule has 0 saturated carbocycles. The second-order valence-corrected chi connectivity index (χ2v) is 5.32. The Labute approximate surface area is 114 Å². The summed E-state index contributed by atoms with van der Waals surface area (Å²) in [7, 11) is 5.92. The number of hydrogen-bond acceptors (Lipinski definition) is 3. The number of rotatable bonds is 0. The largest absolute Gasteiger partial charge is 0.358 e. The number of hydrogen-bond donors (Lipinski definition) is 3. The topological polar surface area (TPSA) is 31.1 Å². The van der Waals surface area contributed by atoms with E-state index in [1.165, 1.54) is 22.2 Å². The van der Waals surface area contributed by atoms with Crippen molar-refractivity contribution in [3.8, 4) is 0 Å². The summed E-state index contributed by atoms with van der Waals surface area (Å²) in [6, 6.07) is 6.32. The van der Waals surface area contributed by atoms with Crippen molar-refractivity contribution in [2.45, 2.75) is 17.9 Å². The average molecular weight is 263 g/mol. The molecule has 2 N–H and O–H groups in total. The summed E-state index contributed by atoms with van der Waals surface area (Å²) in [4.78, 5) is 6.90. The van der Waals surface area contributed by atoms with Crippen molar-refractivity contribution in [3.05, 3.63) is 29.5 Å². The molecule has 3 nitrogen and oxygen atoms in total. The van der Waals surface area contributed by atoms with E-state index in [0.29, 0.717) is 0 Å². The van der Waals surface area contributed by atoms with E-state index in [0.717, 1.165) is 24.4 Å². The summed E-state index contributed by atoms with van der Waals surface area (Å²) in [5.74, 6) is 0. The van der Waals surface area contributed by atoms with Crippen molar-refractivity contribution >= 4 is 23.5 Å². The summed E-state index contributed by atoms with van der Waals surface area (Å²) < 4.78 is 0. The van der Waals surface area contributed by atoms with Crippen molar-refractivity contribution in [1.82, 2.24) is 15.2 Å². The predicted octanol–water partition coefficient (Wildman–Crippen LogP) is 2.28. The number of aromatic amines is 1. The molecule has 3 rings (SSSR count). The number of H-pyrrole nitrogens is 1. The van der Waals surface area contributed by atoms with Crippen LogP contribution in [0.5, 0.6) is 0 Å². The van der Waals surface area contributed by atoms with E-state index in [1.807, 2.05) is 20.2 Å². The molecule has 1 aromatic heterocycles. The van der Waals surface area contributed by atoms with Crippen molar-refractivity contribution in [3.63, 3.8) is 0 Å². The van der Waals surface area contributed by atoms with Gasteiger partial charge in [0, 0.05) is 41.0 Å². The Balaban J connectivity index is 0.000000367. The number of nitrogens with one attached hydrogen (secondary N) is 2. The molecule has 98 valence electrons. The third-order valence-electron chi connectivity index (χ3n) is 3.15. The number of fused-ring (bicyclic) bond motifs is 3. The van der Waals surface area contributed by atoms with Crippen LogP contribution >= 0.6 is 12.6 Å². The number of thiol groups is 1. The van der Waals surface area contributed by atoms with Gasteiger partial charge in [0.05, 0.1) is 0 Å². The summed E-state index contributed by atoms with van der Waals surface area (Å²) in [5, 5.41) is 4.09. The van der Waals surface area contributed by atoms with E-state index in [4.69, 9.17) is 0 Å². The standard InChI is InChI=1S/C12H14N2S.C2H7N/c1-14-5-4-12-10(7-14)9-6-8(15)2-3-11(9)13-12;1-3-2/h2-3,6,13,15H,4-5,7H2,1H3;3H,1-2H3. The van der Waals surface area contributed by atoms with Gasteiger partial charge in [-0.05, 0) is 44.9 Å². The van der Waals surface area contributed by atoms with Gasteiger partial charge in [0.25, 0.3) is 0 Å². The van der Waals surface area contributed by atoms with Crippen LogP contribution in [0.1, 0.15) is 11.3 Å². The Morgan fingerprint density at radius 1 is 1.33 bits per heavy atom. The summed E-state index contributed by atoms with van der Waals surface area (Å²) in [5.41, 5.74) is 4.10. The number of benzene rings is 1. The molecule has 1 aliphatic heterocycles. The molecule has 0 amide bonds. The summed E-state index contributed by atoms with van der Waals surface area (Å²) >= 11 is 4.40. The first-order chi connectivity index (χ1) is 8.65. The van der Waals surface area contributed by atoms with Gasteiger partial charge in [-0.25, -0.2) is 0 Å². The molecule has 1 aliphatic rings. The fourth-order valence-electron chi connectivity index (χ4n) is 2.34. The molecule has 0 fully saturated rings. The van der Waals surface area contributed by atoms with E-state index >= 15 is 0 Å². The van der Waals surface area contributed by atoms with Gasteiger partial charge in [0.15, 0.2) is 0 Å². The minimum Gasteiger partial charge on any atom is -0.358 e. The van der Waals surface area contributed by atoms with Crippen LogP contribution in [0.25, 0.3) is 10.9 Å². The first kappa shape index (κ1) is 13.5. The quantitative estimate of drug-likeness (QED) is 0.637. The van der Waals surface area contributed by atoms with E-state index in [-0.39, 0.29) is 0 Å². The van der Waals surface area contributed by atoms with Crippen LogP contribution in [-0.4, -0.2) is 37.6 Å². The molecule has 4 heteroatoms. The first-order valence-corrected chi connectivity index (χ1v) is 6.70. The molecule has 2 aromatic rings. The molecular weight excluding hydrogens is 242 g/mol. The van der Waals surface area contributed by atoms with Crippen LogP contribution in [0.4, 0.5) is 0 Å². The number of nitrogens with zero attached hydrogens (tertiary/aromatic N) is 1. The third kappa shape index (κ3) is 2.71. The van der Waals surface area contributed by atoms with Crippen molar-refractivity contribution in [1.29, 1.82) is 0 Å². The lowest BCUT2D eigenvalue weighted by atomic mass is 10.1. The van der Waals surface area contributed by atoms with Gasteiger partial charge < -0.3 is 15.2 Å². The molecule has 0 bridgehead atoms. The molecule has 0 atom stereocenters.